The van der Waals surface area contributed by atoms with Crippen molar-refractivity contribution in [2.24, 2.45) is 4.99 Å². The number of carbonyl (C=O) groups is 1. The lowest BCUT2D eigenvalue weighted by Gasteiger charge is -2.32. The largest absolute Gasteiger partial charge is 0.479 e. The molecular formula is C13H14N2O2S. The van der Waals surface area contributed by atoms with Crippen LogP contribution < -0.4 is 9.64 Å². The highest BCUT2D eigenvalue weighted by atomic mass is 32.1. The van der Waals surface area contributed by atoms with E-state index in [0.717, 1.165) is 12.1 Å². The number of fused-ring (bicyclic) bond motifs is 1. The Morgan fingerprint density at radius 1 is 1.56 bits per heavy atom. The van der Waals surface area contributed by atoms with E-state index in [1.807, 2.05) is 13.0 Å². The number of benzene rings is 1. The number of ether oxygens (including phenoxy) is 1. The predicted molar refractivity (Wildman–Crippen MR) is 73.9 cm³/mol. The van der Waals surface area contributed by atoms with Crippen molar-refractivity contribution < 1.29 is 9.53 Å². The minimum Gasteiger partial charge on any atom is -0.479 e. The van der Waals surface area contributed by atoms with Gasteiger partial charge in [-0.15, -0.1) is 0 Å². The van der Waals surface area contributed by atoms with Crippen molar-refractivity contribution in [2.75, 3.05) is 11.4 Å². The number of anilines is 1. The van der Waals surface area contributed by atoms with Crippen LogP contribution in [-0.2, 0) is 4.79 Å². The van der Waals surface area contributed by atoms with Gasteiger partial charge in [-0.3, -0.25) is 4.79 Å². The van der Waals surface area contributed by atoms with Gasteiger partial charge in [0, 0.05) is 12.6 Å². The monoisotopic (exact) mass is 262 g/mol. The Kier molecular flexibility index (Phi) is 3.75. The zero-order valence-corrected chi connectivity index (χ0v) is 11.2. The molecule has 2 rings (SSSR count). The summed E-state index contributed by atoms with van der Waals surface area (Å²) in [6.45, 7) is 4.48. The third-order valence-electron chi connectivity index (χ3n) is 2.77. The first kappa shape index (κ1) is 12.7. The summed E-state index contributed by atoms with van der Waals surface area (Å²) in [6, 6.07) is 5.41. The molecule has 1 amide bonds. The number of amides is 1. The van der Waals surface area contributed by atoms with E-state index in [-0.39, 0.29) is 5.91 Å². The standard InChI is InChI=1S/C13H14N2O2S/c1-3-6-15-11-5-4-10(14-8-18)7-12(11)17-9(2)13(15)16/h4-5,7,9H,3,6H2,1-2H3. The van der Waals surface area contributed by atoms with E-state index in [4.69, 9.17) is 4.74 Å². The number of isothiocyanates is 1. The lowest BCUT2D eigenvalue weighted by molar-refractivity contribution is -0.125. The highest BCUT2D eigenvalue weighted by Crippen LogP contribution is 2.36. The molecule has 1 unspecified atom stereocenters. The van der Waals surface area contributed by atoms with Gasteiger partial charge in [0.15, 0.2) is 6.10 Å². The number of carbonyl (C=O) groups excluding carboxylic acids is 1. The lowest BCUT2D eigenvalue weighted by Crippen LogP contribution is -2.44. The molecule has 1 atom stereocenters. The molecule has 4 nitrogen and oxygen atoms in total. The molecule has 1 aromatic carbocycles. The fraction of sp³-hybridized carbons (Fsp3) is 0.385. The first-order chi connectivity index (χ1) is 8.67. The van der Waals surface area contributed by atoms with Gasteiger partial charge in [0.2, 0.25) is 0 Å². The normalized spacial score (nSPS) is 17.8. The molecule has 0 bridgehead atoms. The second-order valence-corrected chi connectivity index (χ2v) is 4.29. The molecule has 1 aliphatic heterocycles. The molecule has 1 aliphatic rings. The molecule has 94 valence electrons. The van der Waals surface area contributed by atoms with Crippen LogP contribution in [0, 0.1) is 0 Å². The van der Waals surface area contributed by atoms with E-state index < -0.39 is 6.10 Å². The third kappa shape index (κ3) is 2.28. The fourth-order valence-electron chi connectivity index (χ4n) is 1.98. The Bertz CT molecular complexity index is 524. The molecular weight excluding hydrogens is 248 g/mol. The summed E-state index contributed by atoms with van der Waals surface area (Å²) in [5, 5.41) is 2.32. The number of hydrogen-bond donors (Lipinski definition) is 0. The SMILES string of the molecule is CCCN1C(=O)C(C)Oc2cc(N=C=S)ccc21. The van der Waals surface area contributed by atoms with Crippen molar-refractivity contribution >= 4 is 34.7 Å². The summed E-state index contributed by atoms with van der Waals surface area (Å²) in [6.07, 6.45) is 0.438. The Morgan fingerprint density at radius 3 is 3.00 bits per heavy atom. The summed E-state index contributed by atoms with van der Waals surface area (Å²) < 4.78 is 5.59. The summed E-state index contributed by atoms with van der Waals surface area (Å²) >= 11 is 4.57. The Balaban J connectivity index is 2.45. The van der Waals surface area contributed by atoms with Gasteiger partial charge in [-0.05, 0) is 37.7 Å². The van der Waals surface area contributed by atoms with Gasteiger partial charge in [0.25, 0.3) is 5.91 Å². The van der Waals surface area contributed by atoms with Gasteiger partial charge in [-0.1, -0.05) is 6.92 Å². The van der Waals surface area contributed by atoms with Gasteiger partial charge in [0.1, 0.15) is 5.75 Å². The van der Waals surface area contributed by atoms with Crippen LogP contribution in [0.5, 0.6) is 5.75 Å². The summed E-state index contributed by atoms with van der Waals surface area (Å²) in [5.41, 5.74) is 1.48. The molecule has 0 saturated carbocycles. The summed E-state index contributed by atoms with van der Waals surface area (Å²) in [7, 11) is 0. The van der Waals surface area contributed by atoms with Crippen molar-refractivity contribution in [2.45, 2.75) is 26.4 Å². The van der Waals surface area contributed by atoms with E-state index in [9.17, 15) is 4.79 Å². The van der Waals surface area contributed by atoms with Crippen molar-refractivity contribution in [3.05, 3.63) is 18.2 Å². The van der Waals surface area contributed by atoms with Gasteiger partial charge in [-0.25, -0.2) is 0 Å². The van der Waals surface area contributed by atoms with Crippen LogP contribution in [0.3, 0.4) is 0 Å². The maximum absolute atomic E-state index is 12.0. The van der Waals surface area contributed by atoms with Crippen LogP contribution in [0.15, 0.2) is 23.2 Å². The van der Waals surface area contributed by atoms with Crippen LogP contribution in [0.2, 0.25) is 0 Å². The van der Waals surface area contributed by atoms with E-state index in [1.54, 1.807) is 24.0 Å². The average Bonchev–Trinajstić information content (AvgIpc) is 2.35. The minimum absolute atomic E-state index is 0.00423. The molecule has 1 aromatic rings. The van der Waals surface area contributed by atoms with Gasteiger partial charge in [0.05, 0.1) is 16.5 Å². The van der Waals surface area contributed by atoms with Crippen LogP contribution in [0.1, 0.15) is 20.3 Å². The quantitative estimate of drug-likeness (QED) is 0.621. The molecule has 0 N–H and O–H groups in total. The number of rotatable bonds is 3. The molecule has 18 heavy (non-hydrogen) atoms. The second-order valence-electron chi connectivity index (χ2n) is 4.11. The number of hydrogen-bond acceptors (Lipinski definition) is 4. The van der Waals surface area contributed by atoms with Gasteiger partial charge in [-0.2, -0.15) is 4.99 Å². The van der Waals surface area contributed by atoms with Crippen LogP contribution in [0.25, 0.3) is 0 Å². The van der Waals surface area contributed by atoms with E-state index in [0.29, 0.717) is 18.0 Å². The maximum Gasteiger partial charge on any atom is 0.267 e. The highest BCUT2D eigenvalue weighted by molar-refractivity contribution is 7.78. The Morgan fingerprint density at radius 2 is 2.33 bits per heavy atom. The Labute approximate surface area is 111 Å². The first-order valence-corrected chi connectivity index (χ1v) is 6.28. The molecule has 0 aliphatic carbocycles. The molecule has 0 fully saturated rings. The van der Waals surface area contributed by atoms with Gasteiger partial charge >= 0.3 is 0 Å². The minimum atomic E-state index is -0.462. The zero-order valence-electron chi connectivity index (χ0n) is 10.3. The maximum atomic E-state index is 12.0. The topological polar surface area (TPSA) is 41.9 Å². The van der Waals surface area contributed by atoms with Crippen molar-refractivity contribution in [3.8, 4) is 5.75 Å². The molecule has 0 spiro atoms. The smallest absolute Gasteiger partial charge is 0.267 e. The third-order valence-corrected chi connectivity index (χ3v) is 2.86. The molecule has 0 aromatic heterocycles. The molecule has 5 heteroatoms. The van der Waals surface area contributed by atoms with Crippen molar-refractivity contribution in [1.29, 1.82) is 0 Å². The predicted octanol–water partition coefficient (Wildman–Crippen LogP) is 2.94. The van der Waals surface area contributed by atoms with E-state index >= 15 is 0 Å². The first-order valence-electron chi connectivity index (χ1n) is 5.87. The van der Waals surface area contributed by atoms with E-state index in [2.05, 4.69) is 22.4 Å². The summed E-state index contributed by atoms with van der Waals surface area (Å²) in [4.78, 5) is 17.7. The number of nitrogens with zero attached hydrogens (tertiary/aromatic N) is 2. The van der Waals surface area contributed by atoms with E-state index in [1.165, 1.54) is 0 Å². The van der Waals surface area contributed by atoms with Crippen molar-refractivity contribution in [1.82, 2.24) is 0 Å². The van der Waals surface area contributed by atoms with Crippen LogP contribution >= 0.6 is 12.2 Å². The second kappa shape index (κ2) is 5.29. The van der Waals surface area contributed by atoms with Crippen LogP contribution in [0.4, 0.5) is 11.4 Å². The lowest BCUT2D eigenvalue weighted by atomic mass is 10.1. The Hall–Kier alpha value is -1.71. The average molecular weight is 262 g/mol. The van der Waals surface area contributed by atoms with Crippen molar-refractivity contribution in [3.63, 3.8) is 0 Å². The number of thiocarbonyl (C=S) groups is 1. The zero-order chi connectivity index (χ0) is 13.1. The van der Waals surface area contributed by atoms with Gasteiger partial charge < -0.3 is 9.64 Å². The highest BCUT2D eigenvalue weighted by Gasteiger charge is 2.30. The molecule has 0 saturated heterocycles. The number of aliphatic imine (C=N–C) groups is 1. The fourth-order valence-corrected chi connectivity index (χ4v) is 2.08. The van der Waals surface area contributed by atoms with Crippen LogP contribution in [-0.4, -0.2) is 23.7 Å². The summed E-state index contributed by atoms with van der Waals surface area (Å²) in [5.74, 6) is 0.664. The molecule has 0 radical (unpaired) electrons. The molecule has 1 heterocycles.